The summed E-state index contributed by atoms with van der Waals surface area (Å²) in [6.45, 7) is 3.69. The second-order valence-corrected chi connectivity index (χ2v) is 8.56. The Morgan fingerprint density at radius 2 is 1.93 bits per heavy atom. The molecule has 3 rings (SSSR count). The van der Waals surface area contributed by atoms with Crippen LogP contribution in [-0.4, -0.2) is 45.5 Å². The first-order chi connectivity index (χ1) is 13.3. The van der Waals surface area contributed by atoms with Crippen LogP contribution in [0.3, 0.4) is 0 Å². The van der Waals surface area contributed by atoms with Crippen LogP contribution >= 0.6 is 0 Å². The molecule has 2 heterocycles. The summed E-state index contributed by atoms with van der Waals surface area (Å²) in [5.74, 6) is -0.101. The van der Waals surface area contributed by atoms with Gasteiger partial charge in [-0.15, -0.1) is 0 Å². The lowest BCUT2D eigenvalue weighted by Gasteiger charge is -2.31. The van der Waals surface area contributed by atoms with Gasteiger partial charge in [0.25, 0.3) is 0 Å². The Labute approximate surface area is 163 Å². The van der Waals surface area contributed by atoms with Gasteiger partial charge in [-0.2, -0.15) is 0 Å². The number of carbonyl (C=O) groups excluding carboxylic acids is 1. The number of nitrogens with zero attached hydrogens (tertiary/aromatic N) is 1. The number of hydrogen-bond donors (Lipinski definition) is 1. The SMILES string of the molecule is COC(=O)c1oc(CN2CCC(NS(=O)(=O)c3ccc(F)cc3)CC2)cc1C. The van der Waals surface area contributed by atoms with Crippen molar-refractivity contribution < 1.29 is 26.8 Å². The minimum absolute atomic E-state index is 0.0535. The molecule has 0 aliphatic carbocycles. The Bertz CT molecular complexity index is 932. The van der Waals surface area contributed by atoms with Crippen LogP contribution in [0, 0.1) is 12.7 Å². The fraction of sp³-hybridized carbons (Fsp3) is 0.421. The molecule has 1 aliphatic rings. The quantitative estimate of drug-likeness (QED) is 0.736. The summed E-state index contributed by atoms with van der Waals surface area (Å²) in [5.41, 5.74) is 0.726. The van der Waals surface area contributed by atoms with Crippen LogP contribution in [0.5, 0.6) is 0 Å². The third kappa shape index (κ3) is 4.78. The second kappa shape index (κ2) is 8.42. The summed E-state index contributed by atoms with van der Waals surface area (Å²) in [6, 6.07) is 6.40. The van der Waals surface area contributed by atoms with Gasteiger partial charge in [-0.05, 0) is 50.1 Å². The molecule has 0 unspecified atom stereocenters. The maximum absolute atomic E-state index is 13.0. The van der Waals surface area contributed by atoms with Crippen molar-refractivity contribution in [2.24, 2.45) is 0 Å². The molecule has 1 aromatic carbocycles. The number of hydrogen-bond acceptors (Lipinski definition) is 6. The van der Waals surface area contributed by atoms with Crippen molar-refractivity contribution in [2.45, 2.75) is 37.2 Å². The molecular formula is C19H23FN2O5S. The Morgan fingerprint density at radius 1 is 1.29 bits per heavy atom. The molecule has 28 heavy (non-hydrogen) atoms. The summed E-state index contributed by atoms with van der Waals surface area (Å²) in [4.78, 5) is 13.8. The van der Waals surface area contributed by atoms with E-state index in [1.165, 1.54) is 19.2 Å². The second-order valence-electron chi connectivity index (χ2n) is 6.84. The number of carbonyl (C=O) groups is 1. The Morgan fingerprint density at radius 3 is 2.54 bits per heavy atom. The first-order valence-corrected chi connectivity index (χ1v) is 10.4. The number of piperidine rings is 1. The molecule has 1 saturated heterocycles. The van der Waals surface area contributed by atoms with Gasteiger partial charge in [-0.25, -0.2) is 22.3 Å². The minimum Gasteiger partial charge on any atom is -0.463 e. The van der Waals surface area contributed by atoms with E-state index in [0.29, 0.717) is 38.2 Å². The van der Waals surface area contributed by atoms with Gasteiger partial charge in [0.2, 0.25) is 15.8 Å². The molecule has 0 spiro atoms. The normalized spacial score (nSPS) is 16.2. The van der Waals surface area contributed by atoms with E-state index in [-0.39, 0.29) is 16.7 Å². The molecule has 0 bridgehead atoms. The molecule has 2 aromatic rings. The lowest BCUT2D eigenvalue weighted by molar-refractivity contribution is 0.0559. The van der Waals surface area contributed by atoms with Crippen LogP contribution < -0.4 is 4.72 Å². The van der Waals surface area contributed by atoms with Gasteiger partial charge in [-0.1, -0.05) is 0 Å². The summed E-state index contributed by atoms with van der Waals surface area (Å²) in [5, 5.41) is 0. The number of halogens is 1. The monoisotopic (exact) mass is 410 g/mol. The highest BCUT2D eigenvalue weighted by Crippen LogP contribution is 2.20. The van der Waals surface area contributed by atoms with E-state index in [1.807, 2.05) is 6.07 Å². The first-order valence-electron chi connectivity index (χ1n) is 8.96. The van der Waals surface area contributed by atoms with Crippen molar-refractivity contribution >= 4 is 16.0 Å². The number of ether oxygens (including phenoxy) is 1. The van der Waals surface area contributed by atoms with Gasteiger partial charge < -0.3 is 9.15 Å². The van der Waals surface area contributed by atoms with E-state index < -0.39 is 21.8 Å². The lowest BCUT2D eigenvalue weighted by Crippen LogP contribution is -2.44. The summed E-state index contributed by atoms with van der Waals surface area (Å²) in [6.07, 6.45) is 1.29. The maximum atomic E-state index is 13.0. The van der Waals surface area contributed by atoms with Crippen LogP contribution in [-0.2, 0) is 21.3 Å². The Balaban J connectivity index is 1.55. The number of benzene rings is 1. The van der Waals surface area contributed by atoms with E-state index >= 15 is 0 Å². The Hall–Kier alpha value is -2.23. The molecule has 7 nitrogen and oxygen atoms in total. The number of aryl methyl sites for hydroxylation is 1. The molecule has 9 heteroatoms. The van der Waals surface area contributed by atoms with Crippen molar-refractivity contribution in [1.29, 1.82) is 0 Å². The smallest absolute Gasteiger partial charge is 0.374 e. The number of furan rings is 1. The third-order valence-corrected chi connectivity index (χ3v) is 6.29. The number of esters is 1. The average molecular weight is 410 g/mol. The van der Waals surface area contributed by atoms with Crippen LogP contribution in [0.2, 0.25) is 0 Å². The molecule has 0 radical (unpaired) electrons. The van der Waals surface area contributed by atoms with Crippen molar-refractivity contribution in [3.8, 4) is 0 Å². The molecule has 1 fully saturated rings. The number of sulfonamides is 1. The predicted octanol–water partition coefficient (Wildman–Crippen LogP) is 2.46. The molecule has 0 saturated carbocycles. The third-order valence-electron chi connectivity index (χ3n) is 4.75. The van der Waals surface area contributed by atoms with E-state index in [4.69, 9.17) is 9.15 Å². The summed E-state index contributed by atoms with van der Waals surface area (Å²) in [7, 11) is -2.37. The van der Waals surface area contributed by atoms with Gasteiger partial charge in [0.15, 0.2) is 0 Å². The minimum atomic E-state index is -3.67. The van der Waals surface area contributed by atoms with E-state index in [1.54, 1.807) is 6.92 Å². The number of likely N-dealkylation sites (tertiary alicyclic amines) is 1. The number of rotatable bonds is 6. The van der Waals surface area contributed by atoms with Crippen LogP contribution in [0.4, 0.5) is 4.39 Å². The van der Waals surface area contributed by atoms with Gasteiger partial charge in [0.05, 0.1) is 18.6 Å². The number of methoxy groups -OCH3 is 1. The standard InChI is InChI=1S/C19H23FN2O5S/c1-13-11-16(27-18(13)19(23)26-2)12-22-9-7-15(8-10-22)21-28(24,25)17-5-3-14(20)4-6-17/h3-6,11,15,21H,7-10,12H2,1-2H3. The fourth-order valence-electron chi connectivity index (χ4n) is 3.25. The zero-order chi connectivity index (χ0) is 20.3. The molecule has 152 valence electrons. The fourth-order valence-corrected chi connectivity index (χ4v) is 4.56. The summed E-state index contributed by atoms with van der Waals surface area (Å²) >= 11 is 0. The average Bonchev–Trinajstić information content (AvgIpc) is 3.03. The van der Waals surface area contributed by atoms with Crippen molar-refractivity contribution in [1.82, 2.24) is 9.62 Å². The molecule has 1 N–H and O–H groups in total. The highest BCUT2D eigenvalue weighted by Gasteiger charge is 2.26. The largest absolute Gasteiger partial charge is 0.463 e. The first kappa shape index (κ1) is 20.5. The highest BCUT2D eigenvalue weighted by atomic mass is 32.2. The van der Waals surface area contributed by atoms with E-state index in [0.717, 1.165) is 17.7 Å². The molecular weight excluding hydrogens is 387 g/mol. The number of nitrogens with one attached hydrogen (secondary N) is 1. The molecule has 1 aliphatic heterocycles. The zero-order valence-electron chi connectivity index (χ0n) is 15.8. The van der Waals surface area contributed by atoms with Crippen LogP contribution in [0.25, 0.3) is 0 Å². The summed E-state index contributed by atoms with van der Waals surface area (Å²) < 4.78 is 50.8. The topological polar surface area (TPSA) is 88.8 Å². The molecule has 1 aromatic heterocycles. The van der Waals surface area contributed by atoms with Gasteiger partial charge in [0.1, 0.15) is 11.6 Å². The van der Waals surface area contributed by atoms with E-state index in [2.05, 4.69) is 9.62 Å². The van der Waals surface area contributed by atoms with Crippen molar-refractivity contribution in [2.75, 3.05) is 20.2 Å². The van der Waals surface area contributed by atoms with Crippen LogP contribution in [0.15, 0.2) is 39.6 Å². The predicted molar refractivity (Wildman–Crippen MR) is 99.8 cm³/mol. The van der Waals surface area contributed by atoms with E-state index in [9.17, 15) is 17.6 Å². The van der Waals surface area contributed by atoms with Crippen molar-refractivity contribution in [3.63, 3.8) is 0 Å². The maximum Gasteiger partial charge on any atom is 0.374 e. The van der Waals surface area contributed by atoms with Gasteiger partial charge in [-0.3, -0.25) is 4.90 Å². The lowest BCUT2D eigenvalue weighted by atomic mass is 10.1. The Kier molecular flexibility index (Phi) is 6.17. The van der Waals surface area contributed by atoms with Crippen LogP contribution in [0.1, 0.15) is 34.7 Å². The highest BCUT2D eigenvalue weighted by molar-refractivity contribution is 7.89. The van der Waals surface area contributed by atoms with Crippen molar-refractivity contribution in [3.05, 3.63) is 53.2 Å². The van der Waals surface area contributed by atoms with Gasteiger partial charge in [0, 0.05) is 24.7 Å². The molecule has 0 atom stereocenters. The van der Waals surface area contributed by atoms with Gasteiger partial charge >= 0.3 is 5.97 Å². The zero-order valence-corrected chi connectivity index (χ0v) is 16.6. The molecule has 0 amide bonds.